The van der Waals surface area contributed by atoms with Gasteiger partial charge in [-0.25, -0.2) is 4.98 Å². The number of alkyl halides is 3. The molecule has 2 aromatic rings. The molecular weight excluding hydrogens is 397 g/mol. The highest BCUT2D eigenvalue weighted by molar-refractivity contribution is 6.09. The number of hydrogen-bond donors (Lipinski definition) is 1. The summed E-state index contributed by atoms with van der Waals surface area (Å²) in [5.74, 6) is 0.336. The van der Waals surface area contributed by atoms with Crippen molar-refractivity contribution in [2.45, 2.75) is 32.5 Å². The SMILES string of the molecule is CC(C)C[C@H]1CN(c2ccc(OCC(F)(F)F)c(C(=O)c3cccnc3)n2)CCN1. The molecule has 1 N–H and O–H groups in total. The third-order valence-electron chi connectivity index (χ3n) is 4.71. The number of carbonyl (C=O) groups excluding carboxylic acids is 1. The largest absolute Gasteiger partial charge is 0.482 e. The fourth-order valence-corrected chi connectivity index (χ4v) is 3.45. The number of ketones is 1. The number of ether oxygens (including phenoxy) is 1. The molecule has 6 nitrogen and oxygen atoms in total. The zero-order chi connectivity index (χ0) is 21.7. The third kappa shape index (κ3) is 5.91. The molecule has 0 unspecified atom stereocenters. The number of hydrogen-bond acceptors (Lipinski definition) is 6. The summed E-state index contributed by atoms with van der Waals surface area (Å²) in [5.41, 5.74) is 0.0840. The summed E-state index contributed by atoms with van der Waals surface area (Å²) in [4.78, 5) is 23.3. The van der Waals surface area contributed by atoms with Crippen molar-refractivity contribution in [3.8, 4) is 5.75 Å². The first-order chi connectivity index (χ1) is 14.2. The molecule has 1 saturated heterocycles. The van der Waals surface area contributed by atoms with E-state index in [-0.39, 0.29) is 23.0 Å². The van der Waals surface area contributed by atoms with Gasteiger partial charge >= 0.3 is 6.18 Å². The molecule has 1 atom stereocenters. The molecule has 2 aromatic heterocycles. The first kappa shape index (κ1) is 22.0. The molecule has 1 aliphatic rings. The quantitative estimate of drug-likeness (QED) is 0.690. The summed E-state index contributed by atoms with van der Waals surface area (Å²) < 4.78 is 42.9. The van der Waals surface area contributed by atoms with Crippen LogP contribution in [0.15, 0.2) is 36.7 Å². The molecule has 0 aliphatic carbocycles. The third-order valence-corrected chi connectivity index (χ3v) is 4.71. The Balaban J connectivity index is 1.89. The van der Waals surface area contributed by atoms with Crippen molar-refractivity contribution in [3.05, 3.63) is 47.9 Å². The fourth-order valence-electron chi connectivity index (χ4n) is 3.45. The Hall–Kier alpha value is -2.68. The van der Waals surface area contributed by atoms with Crippen molar-refractivity contribution in [1.29, 1.82) is 0 Å². The Morgan fingerprint density at radius 2 is 2.13 bits per heavy atom. The van der Waals surface area contributed by atoms with E-state index in [0.29, 0.717) is 24.8 Å². The number of anilines is 1. The van der Waals surface area contributed by atoms with Crippen LogP contribution in [-0.4, -0.2) is 54.2 Å². The van der Waals surface area contributed by atoms with Crippen LogP contribution in [0.3, 0.4) is 0 Å². The van der Waals surface area contributed by atoms with Gasteiger partial charge in [-0.05, 0) is 36.6 Å². The zero-order valence-corrected chi connectivity index (χ0v) is 16.9. The molecule has 9 heteroatoms. The molecule has 0 radical (unpaired) electrons. The Labute approximate surface area is 173 Å². The van der Waals surface area contributed by atoms with Crippen molar-refractivity contribution >= 4 is 11.6 Å². The van der Waals surface area contributed by atoms with Gasteiger partial charge in [-0.15, -0.1) is 0 Å². The van der Waals surface area contributed by atoms with Crippen LogP contribution in [0.25, 0.3) is 0 Å². The summed E-state index contributed by atoms with van der Waals surface area (Å²) in [6.07, 6.45) is -0.661. The maximum absolute atomic E-state index is 12.9. The topological polar surface area (TPSA) is 67.3 Å². The molecular formula is C21H25F3N4O2. The smallest absolute Gasteiger partial charge is 0.422 e. The van der Waals surface area contributed by atoms with Crippen molar-refractivity contribution in [2.24, 2.45) is 5.92 Å². The molecule has 1 aliphatic heterocycles. The number of carbonyl (C=O) groups is 1. The maximum atomic E-state index is 12.9. The normalized spacial score (nSPS) is 17.3. The van der Waals surface area contributed by atoms with Crippen LogP contribution in [0.1, 0.15) is 36.3 Å². The Morgan fingerprint density at radius 3 is 2.80 bits per heavy atom. The van der Waals surface area contributed by atoms with E-state index in [1.165, 1.54) is 18.5 Å². The highest BCUT2D eigenvalue weighted by atomic mass is 19.4. The molecule has 162 valence electrons. The number of halogens is 3. The minimum Gasteiger partial charge on any atom is -0.482 e. The molecule has 0 spiro atoms. The van der Waals surface area contributed by atoms with E-state index in [4.69, 9.17) is 4.74 Å². The Kier molecular flexibility index (Phi) is 6.91. The van der Waals surface area contributed by atoms with E-state index in [2.05, 4.69) is 29.1 Å². The number of piperazine rings is 1. The standard InChI is InChI=1S/C21H25F3N4O2/c1-14(2)10-16-12-28(9-8-26-16)18-6-5-17(30-13-21(22,23)24)19(27-18)20(29)15-4-3-7-25-11-15/h3-7,11,14,16,26H,8-10,12-13H2,1-2H3/t16-/m0/s1. The summed E-state index contributed by atoms with van der Waals surface area (Å²) in [7, 11) is 0. The predicted octanol–water partition coefficient (Wildman–Crippen LogP) is 3.47. The van der Waals surface area contributed by atoms with Crippen LogP contribution in [0.5, 0.6) is 5.75 Å². The Morgan fingerprint density at radius 1 is 1.33 bits per heavy atom. The van der Waals surface area contributed by atoms with Gasteiger partial charge in [0.25, 0.3) is 0 Å². The van der Waals surface area contributed by atoms with Gasteiger partial charge in [0.2, 0.25) is 5.78 Å². The number of nitrogens with zero attached hydrogens (tertiary/aromatic N) is 3. The fraction of sp³-hybridized carbons (Fsp3) is 0.476. The van der Waals surface area contributed by atoms with E-state index in [1.54, 1.807) is 18.2 Å². The van der Waals surface area contributed by atoms with Crippen LogP contribution in [0.2, 0.25) is 0 Å². The molecule has 30 heavy (non-hydrogen) atoms. The van der Waals surface area contributed by atoms with Gasteiger partial charge in [0.1, 0.15) is 11.6 Å². The van der Waals surface area contributed by atoms with Crippen molar-refractivity contribution < 1.29 is 22.7 Å². The summed E-state index contributed by atoms with van der Waals surface area (Å²) in [6, 6.07) is 6.39. The highest BCUT2D eigenvalue weighted by Crippen LogP contribution is 2.27. The number of pyridine rings is 2. The van der Waals surface area contributed by atoms with E-state index in [0.717, 1.165) is 13.0 Å². The predicted molar refractivity (Wildman–Crippen MR) is 107 cm³/mol. The van der Waals surface area contributed by atoms with Crippen LogP contribution >= 0.6 is 0 Å². The van der Waals surface area contributed by atoms with E-state index in [1.807, 2.05) is 4.90 Å². The second-order valence-corrected chi connectivity index (χ2v) is 7.72. The number of aromatic nitrogens is 2. The lowest BCUT2D eigenvalue weighted by atomic mass is 10.0. The zero-order valence-electron chi connectivity index (χ0n) is 16.9. The van der Waals surface area contributed by atoms with Gasteiger partial charge in [0.15, 0.2) is 12.3 Å². The minimum absolute atomic E-state index is 0.149. The lowest BCUT2D eigenvalue weighted by Gasteiger charge is -2.35. The maximum Gasteiger partial charge on any atom is 0.422 e. The molecule has 0 aromatic carbocycles. The number of rotatable bonds is 7. The molecule has 3 rings (SSSR count). The van der Waals surface area contributed by atoms with Gasteiger partial charge < -0.3 is 15.0 Å². The summed E-state index contributed by atoms with van der Waals surface area (Å²) in [5, 5.41) is 3.47. The second-order valence-electron chi connectivity index (χ2n) is 7.72. The van der Waals surface area contributed by atoms with Crippen molar-refractivity contribution in [1.82, 2.24) is 15.3 Å². The van der Waals surface area contributed by atoms with Crippen molar-refractivity contribution in [3.63, 3.8) is 0 Å². The highest BCUT2D eigenvalue weighted by Gasteiger charge is 2.30. The van der Waals surface area contributed by atoms with Gasteiger partial charge in [-0.3, -0.25) is 9.78 Å². The average Bonchev–Trinajstić information content (AvgIpc) is 2.71. The summed E-state index contributed by atoms with van der Waals surface area (Å²) in [6.45, 7) is 4.95. The van der Waals surface area contributed by atoms with Crippen molar-refractivity contribution in [2.75, 3.05) is 31.1 Å². The van der Waals surface area contributed by atoms with Gasteiger partial charge in [-0.2, -0.15) is 13.2 Å². The lowest BCUT2D eigenvalue weighted by Crippen LogP contribution is -2.51. The first-order valence-corrected chi connectivity index (χ1v) is 9.86. The van der Waals surface area contributed by atoms with Gasteiger partial charge in [0, 0.05) is 43.6 Å². The Bertz CT molecular complexity index is 859. The summed E-state index contributed by atoms with van der Waals surface area (Å²) >= 11 is 0. The van der Waals surface area contributed by atoms with E-state index >= 15 is 0 Å². The minimum atomic E-state index is -4.52. The van der Waals surface area contributed by atoms with Crippen LogP contribution in [-0.2, 0) is 0 Å². The van der Waals surface area contributed by atoms with E-state index in [9.17, 15) is 18.0 Å². The molecule has 0 saturated carbocycles. The van der Waals surface area contributed by atoms with Crippen LogP contribution in [0, 0.1) is 5.92 Å². The van der Waals surface area contributed by atoms with E-state index < -0.39 is 18.6 Å². The molecule has 0 bridgehead atoms. The number of nitrogens with one attached hydrogen (secondary N) is 1. The monoisotopic (exact) mass is 422 g/mol. The second kappa shape index (κ2) is 9.42. The molecule has 3 heterocycles. The van der Waals surface area contributed by atoms with Crippen LogP contribution < -0.4 is 15.0 Å². The van der Waals surface area contributed by atoms with Gasteiger partial charge in [0.05, 0.1) is 0 Å². The average molecular weight is 422 g/mol. The first-order valence-electron chi connectivity index (χ1n) is 9.86. The van der Waals surface area contributed by atoms with Crippen LogP contribution in [0.4, 0.5) is 19.0 Å². The lowest BCUT2D eigenvalue weighted by molar-refractivity contribution is -0.153. The molecule has 1 fully saturated rings. The molecule has 0 amide bonds. The van der Waals surface area contributed by atoms with Gasteiger partial charge in [-0.1, -0.05) is 13.8 Å².